The Bertz CT molecular complexity index is 450. The minimum atomic E-state index is -0.0495. The lowest BCUT2D eigenvalue weighted by Crippen LogP contribution is -2.40. The molecule has 1 aliphatic heterocycles. The summed E-state index contributed by atoms with van der Waals surface area (Å²) in [6.45, 7) is 9.38. The third kappa shape index (κ3) is 2.72. The van der Waals surface area contributed by atoms with Crippen LogP contribution >= 0.6 is 11.6 Å². The van der Waals surface area contributed by atoms with E-state index in [1.165, 1.54) is 0 Å². The number of nitrogens with zero attached hydrogens (tertiary/aromatic N) is 2. The molecule has 0 spiro atoms. The lowest BCUT2D eigenvalue weighted by molar-refractivity contribution is 0.0471. The van der Waals surface area contributed by atoms with E-state index in [0.29, 0.717) is 10.9 Å². The number of hydrazine groups is 1. The first-order valence-corrected chi connectivity index (χ1v) is 7.71. The Morgan fingerprint density at radius 1 is 1.45 bits per heavy atom. The molecule has 1 aromatic heterocycles. The Labute approximate surface area is 125 Å². The molecular formula is C14H25ClN4O. The molecule has 1 aromatic rings. The number of ether oxygens (including phenoxy) is 1. The van der Waals surface area contributed by atoms with E-state index in [-0.39, 0.29) is 24.2 Å². The van der Waals surface area contributed by atoms with Gasteiger partial charge in [0.1, 0.15) is 0 Å². The van der Waals surface area contributed by atoms with Crippen LogP contribution in [0.1, 0.15) is 45.9 Å². The summed E-state index contributed by atoms with van der Waals surface area (Å²) in [5.74, 6) is 6.53. The van der Waals surface area contributed by atoms with Crippen molar-refractivity contribution in [1.29, 1.82) is 0 Å². The van der Waals surface area contributed by atoms with Crippen molar-refractivity contribution in [2.45, 2.75) is 58.9 Å². The molecule has 0 radical (unpaired) electrons. The molecule has 5 atom stereocenters. The van der Waals surface area contributed by atoms with Crippen LogP contribution in [0.3, 0.4) is 0 Å². The quantitative estimate of drug-likeness (QED) is 0.648. The van der Waals surface area contributed by atoms with Gasteiger partial charge in [0.25, 0.3) is 0 Å². The van der Waals surface area contributed by atoms with Crippen LogP contribution in [0, 0.1) is 11.8 Å². The van der Waals surface area contributed by atoms with Crippen LogP contribution in [0.2, 0.25) is 5.02 Å². The molecule has 3 N–H and O–H groups in total. The minimum Gasteiger partial charge on any atom is -0.375 e. The van der Waals surface area contributed by atoms with Gasteiger partial charge in [-0.1, -0.05) is 25.4 Å². The molecule has 0 aromatic carbocycles. The highest BCUT2D eigenvalue weighted by Gasteiger charge is 2.43. The first kappa shape index (κ1) is 15.8. The first-order chi connectivity index (χ1) is 9.51. The molecule has 0 amide bonds. The molecule has 6 heteroatoms. The molecule has 20 heavy (non-hydrogen) atoms. The molecule has 1 aliphatic rings. The maximum absolute atomic E-state index is 6.34. The van der Waals surface area contributed by atoms with Crippen LogP contribution in [0.25, 0.3) is 0 Å². The van der Waals surface area contributed by atoms with E-state index in [4.69, 9.17) is 22.2 Å². The van der Waals surface area contributed by atoms with Crippen molar-refractivity contribution in [2.24, 2.45) is 17.7 Å². The second kappa shape index (κ2) is 6.43. The monoisotopic (exact) mass is 300 g/mol. The van der Waals surface area contributed by atoms with Crippen LogP contribution in [-0.2, 0) is 11.3 Å². The van der Waals surface area contributed by atoms with Gasteiger partial charge in [-0.25, -0.2) is 0 Å². The topological polar surface area (TPSA) is 65.1 Å². The molecule has 2 heterocycles. The first-order valence-electron chi connectivity index (χ1n) is 7.34. The highest BCUT2D eigenvalue weighted by molar-refractivity contribution is 6.31. The van der Waals surface area contributed by atoms with E-state index in [1.54, 1.807) is 6.20 Å². The molecule has 5 unspecified atom stereocenters. The fraction of sp³-hybridized carbons (Fsp3) is 0.786. The third-order valence-corrected chi connectivity index (χ3v) is 4.74. The average molecular weight is 301 g/mol. The normalized spacial score (nSPS) is 31.7. The van der Waals surface area contributed by atoms with Gasteiger partial charge in [-0.3, -0.25) is 16.0 Å². The van der Waals surface area contributed by atoms with Gasteiger partial charge in [-0.15, -0.1) is 0 Å². The van der Waals surface area contributed by atoms with E-state index >= 15 is 0 Å². The SMILES string of the molecule is CCCn1ncc(Cl)c1C(NN)C1C(C)OC(C)C1C. The van der Waals surface area contributed by atoms with Gasteiger partial charge < -0.3 is 4.74 Å². The third-order valence-electron chi connectivity index (χ3n) is 4.45. The highest BCUT2D eigenvalue weighted by atomic mass is 35.5. The lowest BCUT2D eigenvalue weighted by Gasteiger charge is -2.29. The molecular weight excluding hydrogens is 276 g/mol. The summed E-state index contributed by atoms with van der Waals surface area (Å²) in [6.07, 6.45) is 3.07. The predicted molar refractivity (Wildman–Crippen MR) is 80.3 cm³/mol. The molecule has 1 saturated heterocycles. The number of nitrogens with one attached hydrogen (secondary N) is 1. The van der Waals surface area contributed by atoms with Crippen molar-refractivity contribution < 1.29 is 4.74 Å². The number of aryl methyl sites for hydroxylation is 1. The van der Waals surface area contributed by atoms with E-state index in [0.717, 1.165) is 18.7 Å². The van der Waals surface area contributed by atoms with E-state index < -0.39 is 0 Å². The Morgan fingerprint density at radius 2 is 2.15 bits per heavy atom. The van der Waals surface area contributed by atoms with Gasteiger partial charge in [-0.05, 0) is 26.2 Å². The maximum Gasteiger partial charge on any atom is 0.0834 e. The molecule has 114 valence electrons. The Hall–Kier alpha value is -0.620. The summed E-state index contributed by atoms with van der Waals surface area (Å²) in [5.41, 5.74) is 3.91. The van der Waals surface area contributed by atoms with Gasteiger partial charge in [0, 0.05) is 12.5 Å². The number of hydrogen-bond acceptors (Lipinski definition) is 4. The molecule has 0 bridgehead atoms. The number of aromatic nitrogens is 2. The van der Waals surface area contributed by atoms with Crippen molar-refractivity contribution in [1.82, 2.24) is 15.2 Å². The summed E-state index contributed by atoms with van der Waals surface area (Å²) in [6, 6.07) is -0.0495. The fourth-order valence-electron chi connectivity index (χ4n) is 3.31. The fourth-order valence-corrected chi connectivity index (χ4v) is 3.57. The van der Waals surface area contributed by atoms with Gasteiger partial charge in [0.15, 0.2) is 0 Å². The van der Waals surface area contributed by atoms with Crippen molar-refractivity contribution in [2.75, 3.05) is 0 Å². The van der Waals surface area contributed by atoms with Crippen molar-refractivity contribution in [3.63, 3.8) is 0 Å². The zero-order valence-electron chi connectivity index (χ0n) is 12.6. The smallest absolute Gasteiger partial charge is 0.0834 e. The van der Waals surface area contributed by atoms with Gasteiger partial charge in [0.05, 0.1) is 35.2 Å². The second-order valence-corrected chi connectivity index (χ2v) is 6.14. The maximum atomic E-state index is 6.34. The van der Waals surface area contributed by atoms with E-state index in [1.807, 2.05) is 4.68 Å². The summed E-state index contributed by atoms with van der Waals surface area (Å²) in [7, 11) is 0. The van der Waals surface area contributed by atoms with Crippen molar-refractivity contribution in [3.8, 4) is 0 Å². The van der Waals surface area contributed by atoms with Crippen LogP contribution < -0.4 is 11.3 Å². The van der Waals surface area contributed by atoms with Crippen molar-refractivity contribution >= 4 is 11.6 Å². The summed E-state index contributed by atoms with van der Waals surface area (Å²) in [4.78, 5) is 0. The van der Waals surface area contributed by atoms with Crippen molar-refractivity contribution in [3.05, 3.63) is 16.9 Å². The minimum absolute atomic E-state index is 0.0495. The number of halogens is 1. The Kier molecular flexibility index (Phi) is 5.07. The zero-order valence-corrected chi connectivity index (χ0v) is 13.4. The summed E-state index contributed by atoms with van der Waals surface area (Å²) in [5, 5.41) is 5.03. The summed E-state index contributed by atoms with van der Waals surface area (Å²) < 4.78 is 7.89. The van der Waals surface area contributed by atoms with E-state index in [2.05, 4.69) is 38.2 Å². The molecule has 0 saturated carbocycles. The summed E-state index contributed by atoms with van der Waals surface area (Å²) >= 11 is 6.34. The Morgan fingerprint density at radius 3 is 2.65 bits per heavy atom. The average Bonchev–Trinajstić information content (AvgIpc) is 2.87. The molecule has 5 nitrogen and oxygen atoms in total. The standard InChI is InChI=1S/C14H25ClN4O/c1-5-6-19-14(11(15)7-17-19)13(18-16)12-8(2)9(3)20-10(12)4/h7-10,12-13,18H,5-6,16H2,1-4H3. The van der Waals surface area contributed by atoms with E-state index in [9.17, 15) is 0 Å². The zero-order chi connectivity index (χ0) is 14.9. The second-order valence-electron chi connectivity index (χ2n) is 5.73. The predicted octanol–water partition coefficient (Wildman–Crippen LogP) is 2.51. The van der Waals surface area contributed by atoms with Gasteiger partial charge >= 0.3 is 0 Å². The van der Waals surface area contributed by atoms with Gasteiger partial charge in [0.2, 0.25) is 0 Å². The highest BCUT2D eigenvalue weighted by Crippen LogP contribution is 2.41. The van der Waals surface area contributed by atoms with Crippen LogP contribution in [0.5, 0.6) is 0 Å². The number of nitrogens with two attached hydrogens (primary N) is 1. The largest absolute Gasteiger partial charge is 0.375 e. The van der Waals surface area contributed by atoms with Crippen LogP contribution in [0.15, 0.2) is 6.20 Å². The van der Waals surface area contributed by atoms with Gasteiger partial charge in [-0.2, -0.15) is 5.10 Å². The molecule has 0 aliphatic carbocycles. The number of hydrogen-bond donors (Lipinski definition) is 2. The van der Waals surface area contributed by atoms with Crippen LogP contribution in [-0.4, -0.2) is 22.0 Å². The van der Waals surface area contributed by atoms with Crippen LogP contribution in [0.4, 0.5) is 0 Å². The molecule has 2 rings (SSSR count). The molecule has 1 fully saturated rings. The Balaban J connectivity index is 2.35. The number of rotatable bonds is 5. The lowest BCUT2D eigenvalue weighted by atomic mass is 9.82.